The molecule has 8 nitrogen and oxygen atoms in total. The van der Waals surface area contributed by atoms with Crippen molar-refractivity contribution in [1.82, 2.24) is 0 Å². The summed E-state index contributed by atoms with van der Waals surface area (Å²) in [5.41, 5.74) is 2.25. The highest BCUT2D eigenvalue weighted by atomic mass is 16.5. The van der Waals surface area contributed by atoms with Crippen LogP contribution in [0.5, 0.6) is 0 Å². The minimum Gasteiger partial charge on any atom is -0.543 e. The molecule has 0 amide bonds. The van der Waals surface area contributed by atoms with E-state index in [9.17, 15) is 0 Å². The van der Waals surface area contributed by atoms with Gasteiger partial charge >= 0.3 is 0 Å². The average molecular weight is 212 g/mol. The Bertz CT molecular complexity index is 120. The van der Waals surface area contributed by atoms with Crippen LogP contribution >= 0.6 is 0 Å². The molecule has 0 aliphatic carbocycles. The molecule has 0 aromatic carbocycles. The molecule has 86 valence electrons. The van der Waals surface area contributed by atoms with E-state index in [4.69, 9.17) is 30.2 Å². The number of carbonyl (C=O) groups is 2. The second-order valence-electron chi connectivity index (χ2n) is 1.76. The predicted octanol–water partition coefficient (Wildman–Crippen LogP) is -5.60. The minimum absolute atomic E-state index is 0.750. The van der Waals surface area contributed by atoms with Crippen molar-refractivity contribution in [2.75, 3.05) is 13.1 Å². The van der Waals surface area contributed by atoms with E-state index in [0.717, 1.165) is 24.0 Å². The minimum atomic E-state index is -2.19. The number of carbonyl (C=O) groups excluding carboxylic acids is 2. The van der Waals surface area contributed by atoms with Crippen molar-refractivity contribution in [3.8, 4) is 0 Å². The Balaban J connectivity index is -0.000000135. The second-order valence-corrected chi connectivity index (χ2v) is 1.76. The molecule has 0 heterocycles. The number of hydrogen-bond acceptors (Lipinski definition) is 6. The van der Waals surface area contributed by atoms with Crippen LogP contribution in [0.3, 0.4) is 0 Å². The van der Waals surface area contributed by atoms with Gasteiger partial charge in [-0.1, -0.05) is 0 Å². The van der Waals surface area contributed by atoms with Gasteiger partial charge in [0, 0.05) is 0 Å². The van der Waals surface area contributed by atoms with Crippen LogP contribution in [-0.2, 0) is 9.59 Å². The molecule has 0 aromatic rings. The van der Waals surface area contributed by atoms with Crippen LogP contribution in [0.25, 0.3) is 0 Å². The Labute approximate surface area is 81.1 Å². The summed E-state index contributed by atoms with van der Waals surface area (Å²) in [5, 5.41) is 33.4. The molecule has 14 heavy (non-hydrogen) atoms. The normalized spacial score (nSPS) is 7.43. The Morgan fingerprint density at radius 1 is 1.00 bits per heavy atom. The maximum Gasteiger partial charge on any atom is 0.102 e. The van der Waals surface area contributed by atoms with Crippen molar-refractivity contribution < 1.29 is 41.2 Å². The summed E-state index contributed by atoms with van der Waals surface area (Å²) in [5.74, 6) is -4.37. The summed E-state index contributed by atoms with van der Waals surface area (Å²) in [6.45, 7) is 5.25. The third-order valence-electron chi connectivity index (χ3n) is 0.532. The van der Waals surface area contributed by atoms with Gasteiger partial charge in [-0.3, -0.25) is 0 Å². The van der Waals surface area contributed by atoms with Gasteiger partial charge in [0.05, 0.1) is 11.9 Å². The highest BCUT2D eigenvalue weighted by Crippen LogP contribution is 1.41. The van der Waals surface area contributed by atoms with E-state index in [0.29, 0.717) is 0 Å². The standard InChI is InChI=1S/2C2H7NO.C2H2O4/c2*1-2-3-4;3-1(4)2(5)6/h2*3-4H,2H2,1H3;(H,3,4)(H,5,6). The molecule has 0 fully saturated rings. The van der Waals surface area contributed by atoms with E-state index in [-0.39, 0.29) is 0 Å². The number of quaternary nitrogens is 2. The fourth-order valence-corrected chi connectivity index (χ4v) is 0. The van der Waals surface area contributed by atoms with Crippen molar-refractivity contribution >= 4 is 11.9 Å². The first-order chi connectivity index (χ1) is 6.47. The van der Waals surface area contributed by atoms with Gasteiger partial charge in [-0.2, -0.15) is 0 Å². The predicted molar refractivity (Wildman–Crippen MR) is 38.5 cm³/mol. The summed E-state index contributed by atoms with van der Waals surface area (Å²) in [4.78, 5) is 17.9. The lowest BCUT2D eigenvalue weighted by Crippen LogP contribution is -2.79. The first-order valence-electron chi connectivity index (χ1n) is 3.81. The maximum absolute atomic E-state index is 8.93. The lowest BCUT2D eigenvalue weighted by Gasteiger charge is -1.97. The number of carboxylic acid groups (broad SMARTS) is 2. The zero-order valence-corrected chi connectivity index (χ0v) is 8.10. The molecule has 0 rings (SSSR count). The van der Waals surface area contributed by atoms with Crippen LogP contribution in [0.2, 0.25) is 0 Å². The topological polar surface area (TPSA) is 154 Å². The summed E-state index contributed by atoms with van der Waals surface area (Å²) in [7, 11) is 0. The number of nitrogens with two attached hydrogens (primary N) is 2. The summed E-state index contributed by atoms with van der Waals surface area (Å²) in [6, 6.07) is 0. The first-order valence-corrected chi connectivity index (χ1v) is 3.81. The molecule has 0 atom stereocenters. The number of hydroxylamine groups is 2. The molecule has 0 saturated carbocycles. The molecular weight excluding hydrogens is 196 g/mol. The van der Waals surface area contributed by atoms with Crippen LogP contribution in [-0.4, -0.2) is 35.4 Å². The Hall–Kier alpha value is -1.22. The van der Waals surface area contributed by atoms with E-state index < -0.39 is 11.9 Å². The fourth-order valence-electron chi connectivity index (χ4n) is 0. The molecular formula is C6H16N2O6. The van der Waals surface area contributed by atoms with E-state index in [2.05, 4.69) is 0 Å². The van der Waals surface area contributed by atoms with Crippen LogP contribution in [0, 0.1) is 0 Å². The molecule has 0 aromatic heterocycles. The van der Waals surface area contributed by atoms with E-state index in [1.165, 1.54) is 0 Å². The van der Waals surface area contributed by atoms with Gasteiger partial charge in [-0.15, -0.1) is 0 Å². The molecule has 0 aliphatic rings. The van der Waals surface area contributed by atoms with Crippen molar-refractivity contribution in [2.45, 2.75) is 13.8 Å². The van der Waals surface area contributed by atoms with Crippen LogP contribution in [0.15, 0.2) is 0 Å². The zero-order valence-electron chi connectivity index (χ0n) is 8.10. The maximum atomic E-state index is 8.93. The van der Waals surface area contributed by atoms with E-state index in [1.54, 1.807) is 0 Å². The van der Waals surface area contributed by atoms with Gasteiger partial charge in [-0.05, 0) is 13.8 Å². The fraction of sp³-hybridized carbons (Fsp3) is 0.667. The summed E-state index contributed by atoms with van der Waals surface area (Å²) < 4.78 is 0. The summed E-state index contributed by atoms with van der Waals surface area (Å²) >= 11 is 0. The molecule has 0 saturated heterocycles. The molecule has 0 bridgehead atoms. The van der Waals surface area contributed by atoms with Crippen LogP contribution in [0.4, 0.5) is 0 Å². The molecule has 0 aliphatic heterocycles. The monoisotopic (exact) mass is 212 g/mol. The van der Waals surface area contributed by atoms with Gasteiger partial charge in [0.25, 0.3) is 0 Å². The molecule has 0 radical (unpaired) electrons. The van der Waals surface area contributed by atoms with Gasteiger partial charge in [-0.25, -0.2) is 21.4 Å². The third-order valence-corrected chi connectivity index (χ3v) is 0.532. The van der Waals surface area contributed by atoms with Crippen LogP contribution < -0.4 is 21.2 Å². The van der Waals surface area contributed by atoms with Crippen molar-refractivity contribution in [3.63, 3.8) is 0 Å². The molecule has 0 spiro atoms. The number of carboxylic acids is 2. The molecule has 0 unspecified atom stereocenters. The first kappa shape index (κ1) is 18.5. The van der Waals surface area contributed by atoms with Crippen molar-refractivity contribution in [1.29, 1.82) is 0 Å². The van der Waals surface area contributed by atoms with Gasteiger partial charge in [0.1, 0.15) is 13.1 Å². The SMILES string of the molecule is CC[NH2+]O.CC[NH2+]O.O=C([O-])C(=O)[O-]. The van der Waals surface area contributed by atoms with Crippen molar-refractivity contribution in [3.05, 3.63) is 0 Å². The third kappa shape index (κ3) is 45.1. The summed E-state index contributed by atoms with van der Waals surface area (Å²) in [6.07, 6.45) is 0. The average Bonchev–Trinajstić information content (AvgIpc) is 2.18. The Kier molecular flexibility index (Phi) is 23.5. The molecule has 8 heteroatoms. The Morgan fingerprint density at radius 2 is 1.14 bits per heavy atom. The number of hydrogen-bond donors (Lipinski definition) is 4. The van der Waals surface area contributed by atoms with E-state index in [1.807, 2.05) is 13.8 Å². The number of aliphatic carboxylic acids is 2. The zero-order chi connectivity index (χ0) is 12.0. The molecule has 6 N–H and O–H groups in total. The second kappa shape index (κ2) is 17.8. The highest BCUT2D eigenvalue weighted by molar-refractivity contribution is 6.25. The van der Waals surface area contributed by atoms with Gasteiger partial charge in [0.2, 0.25) is 0 Å². The number of rotatable bonds is 2. The van der Waals surface area contributed by atoms with E-state index >= 15 is 0 Å². The lowest BCUT2D eigenvalue weighted by atomic mass is 10.7. The van der Waals surface area contributed by atoms with Gasteiger partial charge < -0.3 is 19.8 Å². The lowest BCUT2D eigenvalue weighted by molar-refractivity contribution is -0.884. The smallest absolute Gasteiger partial charge is 0.102 e. The highest BCUT2D eigenvalue weighted by Gasteiger charge is 1.75. The van der Waals surface area contributed by atoms with Crippen molar-refractivity contribution in [2.24, 2.45) is 0 Å². The quantitative estimate of drug-likeness (QED) is 0.264. The van der Waals surface area contributed by atoms with Gasteiger partial charge in [0.15, 0.2) is 0 Å². The van der Waals surface area contributed by atoms with Crippen LogP contribution in [0.1, 0.15) is 13.8 Å². The Morgan fingerprint density at radius 3 is 1.14 bits per heavy atom. The largest absolute Gasteiger partial charge is 0.543 e.